The van der Waals surface area contributed by atoms with Crippen LogP contribution in [0.4, 0.5) is 0 Å². The van der Waals surface area contributed by atoms with Gasteiger partial charge in [0.1, 0.15) is 0 Å². The molecule has 0 aliphatic carbocycles. The van der Waals surface area contributed by atoms with E-state index in [-0.39, 0.29) is 6.10 Å². The highest BCUT2D eigenvalue weighted by molar-refractivity contribution is 6.42. The number of likely N-dealkylation sites (tertiary alicyclic amines) is 1. The summed E-state index contributed by atoms with van der Waals surface area (Å²) in [7, 11) is 0. The van der Waals surface area contributed by atoms with Crippen LogP contribution in [0.3, 0.4) is 0 Å². The molecule has 2 aromatic rings. The Balaban J connectivity index is 1.57. The lowest BCUT2D eigenvalue weighted by molar-refractivity contribution is 0.0250. The molecule has 2 heterocycles. The summed E-state index contributed by atoms with van der Waals surface area (Å²) in [5, 5.41) is 1.26. The van der Waals surface area contributed by atoms with Crippen LogP contribution in [0.25, 0.3) is 0 Å². The monoisotopic (exact) mass is 333 g/mol. The fraction of sp³-hybridized carbons (Fsp3) is 0.333. The van der Waals surface area contributed by atoms with Crippen LogP contribution in [0.2, 0.25) is 10.0 Å². The first-order valence-electron chi connectivity index (χ1n) is 7.57. The lowest BCUT2D eigenvalue weighted by atomic mass is 9.89. The Hall–Kier alpha value is -1.06. The average molecular weight is 334 g/mol. The van der Waals surface area contributed by atoms with Crippen molar-refractivity contribution in [2.24, 2.45) is 0 Å². The maximum absolute atomic E-state index is 6.34. The summed E-state index contributed by atoms with van der Waals surface area (Å²) in [6.07, 6.45) is 0.258. The van der Waals surface area contributed by atoms with Gasteiger partial charge in [-0.2, -0.15) is 0 Å². The Labute approximate surface area is 140 Å². The van der Waals surface area contributed by atoms with E-state index < -0.39 is 0 Å². The molecule has 2 atom stereocenters. The molecule has 0 aromatic heterocycles. The summed E-state index contributed by atoms with van der Waals surface area (Å²) < 4.78 is 6.05. The Bertz CT molecular complexity index is 689. The minimum Gasteiger partial charge on any atom is -0.371 e. The molecule has 2 nitrogen and oxygen atoms in total. The number of rotatable bonds is 2. The predicted octanol–water partition coefficient (Wildman–Crippen LogP) is 4.49. The van der Waals surface area contributed by atoms with Crippen LogP contribution in [-0.4, -0.2) is 24.1 Å². The van der Waals surface area contributed by atoms with Gasteiger partial charge in [-0.05, 0) is 17.2 Å². The summed E-state index contributed by atoms with van der Waals surface area (Å²) in [5.41, 5.74) is 3.72. The van der Waals surface area contributed by atoms with E-state index in [0.717, 1.165) is 25.2 Å². The molecule has 0 radical (unpaired) electrons. The van der Waals surface area contributed by atoms with Crippen molar-refractivity contribution in [1.82, 2.24) is 4.90 Å². The van der Waals surface area contributed by atoms with E-state index in [1.54, 1.807) is 0 Å². The number of hydrogen-bond donors (Lipinski definition) is 0. The summed E-state index contributed by atoms with van der Waals surface area (Å²) >= 11 is 12.5. The fourth-order valence-electron chi connectivity index (χ4n) is 3.58. The molecule has 0 amide bonds. The topological polar surface area (TPSA) is 12.5 Å². The van der Waals surface area contributed by atoms with Crippen molar-refractivity contribution in [1.29, 1.82) is 0 Å². The summed E-state index contributed by atoms with van der Waals surface area (Å²) in [4.78, 5) is 2.46. The minimum atomic E-state index is 0.258. The molecule has 4 rings (SSSR count). The van der Waals surface area contributed by atoms with Gasteiger partial charge in [-0.1, -0.05) is 59.6 Å². The second-order valence-corrected chi connectivity index (χ2v) is 6.85. The average Bonchev–Trinajstić information content (AvgIpc) is 2.94. The van der Waals surface area contributed by atoms with E-state index in [1.807, 2.05) is 6.07 Å². The van der Waals surface area contributed by atoms with Crippen LogP contribution in [0.5, 0.6) is 0 Å². The molecular weight excluding hydrogens is 317 g/mol. The minimum absolute atomic E-state index is 0.258. The molecule has 0 N–H and O–H groups in total. The van der Waals surface area contributed by atoms with Crippen LogP contribution >= 0.6 is 23.2 Å². The highest BCUT2D eigenvalue weighted by Gasteiger charge is 2.39. The Morgan fingerprint density at radius 1 is 1.05 bits per heavy atom. The molecular formula is C18H17Cl2NO. The smallest absolute Gasteiger partial charge is 0.0787 e. The number of benzene rings is 2. The number of fused-ring (bicyclic) bond motifs is 3. The van der Waals surface area contributed by atoms with E-state index in [4.69, 9.17) is 27.9 Å². The third-order valence-electron chi connectivity index (χ3n) is 4.66. The van der Waals surface area contributed by atoms with Crippen molar-refractivity contribution < 1.29 is 4.74 Å². The first-order chi connectivity index (χ1) is 10.7. The molecule has 0 spiro atoms. The van der Waals surface area contributed by atoms with Crippen LogP contribution in [0.15, 0.2) is 42.5 Å². The third kappa shape index (κ3) is 2.55. The second-order valence-electron chi connectivity index (χ2n) is 6.06. The van der Waals surface area contributed by atoms with E-state index in [2.05, 4.69) is 41.3 Å². The highest BCUT2D eigenvalue weighted by atomic mass is 35.5. The van der Waals surface area contributed by atoms with E-state index in [0.29, 0.717) is 22.6 Å². The quantitative estimate of drug-likeness (QED) is 0.802. The molecule has 114 valence electrons. The van der Waals surface area contributed by atoms with Gasteiger partial charge in [0.25, 0.3) is 0 Å². The first-order valence-corrected chi connectivity index (χ1v) is 8.32. The molecule has 2 aliphatic heterocycles. The van der Waals surface area contributed by atoms with Gasteiger partial charge < -0.3 is 4.74 Å². The maximum Gasteiger partial charge on any atom is 0.0787 e. The van der Waals surface area contributed by atoms with E-state index >= 15 is 0 Å². The SMILES string of the molecule is Clc1ccc2c(c1Cl)CO[C@@H]1CN(Cc3ccccc3)C[C@H]21. The van der Waals surface area contributed by atoms with Crippen molar-refractivity contribution in [3.05, 3.63) is 69.2 Å². The van der Waals surface area contributed by atoms with Crippen molar-refractivity contribution >= 4 is 23.2 Å². The van der Waals surface area contributed by atoms with Gasteiger partial charge in [-0.15, -0.1) is 0 Å². The standard InChI is InChI=1S/C18H17Cl2NO/c19-16-7-6-13-14-9-21(8-12-4-2-1-3-5-12)10-17(14)22-11-15(13)18(16)20/h1-7,14,17H,8-11H2/t14-,17-/m1/s1. The molecule has 0 unspecified atom stereocenters. The Morgan fingerprint density at radius 2 is 1.86 bits per heavy atom. The van der Waals surface area contributed by atoms with Crippen molar-refractivity contribution in [2.45, 2.75) is 25.2 Å². The number of halogens is 2. The zero-order chi connectivity index (χ0) is 15.1. The van der Waals surface area contributed by atoms with Crippen molar-refractivity contribution in [2.75, 3.05) is 13.1 Å². The zero-order valence-electron chi connectivity index (χ0n) is 12.1. The van der Waals surface area contributed by atoms with Crippen LogP contribution in [-0.2, 0) is 17.9 Å². The fourth-order valence-corrected chi connectivity index (χ4v) is 3.99. The predicted molar refractivity (Wildman–Crippen MR) is 89.5 cm³/mol. The highest BCUT2D eigenvalue weighted by Crippen LogP contribution is 2.41. The lowest BCUT2D eigenvalue weighted by Gasteiger charge is -2.28. The largest absolute Gasteiger partial charge is 0.371 e. The third-order valence-corrected chi connectivity index (χ3v) is 5.51. The van der Waals surface area contributed by atoms with Gasteiger partial charge in [0.2, 0.25) is 0 Å². The van der Waals surface area contributed by atoms with Crippen molar-refractivity contribution in [3.63, 3.8) is 0 Å². The maximum atomic E-state index is 6.34. The van der Waals surface area contributed by atoms with Gasteiger partial charge >= 0.3 is 0 Å². The van der Waals surface area contributed by atoms with Crippen LogP contribution in [0, 0.1) is 0 Å². The summed E-state index contributed by atoms with van der Waals surface area (Å²) in [6.45, 7) is 3.51. The zero-order valence-corrected chi connectivity index (χ0v) is 13.6. The number of nitrogens with zero attached hydrogens (tertiary/aromatic N) is 1. The second kappa shape index (κ2) is 5.86. The molecule has 0 bridgehead atoms. The Morgan fingerprint density at radius 3 is 2.68 bits per heavy atom. The Kier molecular flexibility index (Phi) is 3.87. The molecule has 2 aliphatic rings. The molecule has 22 heavy (non-hydrogen) atoms. The van der Waals surface area contributed by atoms with Crippen molar-refractivity contribution in [3.8, 4) is 0 Å². The van der Waals surface area contributed by atoms with Crippen LogP contribution in [0.1, 0.15) is 22.6 Å². The summed E-state index contributed by atoms with van der Waals surface area (Å²) in [6, 6.07) is 14.6. The molecule has 1 fully saturated rings. The lowest BCUT2D eigenvalue weighted by Crippen LogP contribution is -2.27. The molecule has 2 aromatic carbocycles. The molecule has 0 saturated carbocycles. The molecule has 4 heteroatoms. The normalized spacial score (nSPS) is 24.1. The van der Waals surface area contributed by atoms with Gasteiger partial charge in [0.05, 0.1) is 22.8 Å². The molecule has 1 saturated heterocycles. The van der Waals surface area contributed by atoms with Gasteiger partial charge in [0.15, 0.2) is 0 Å². The van der Waals surface area contributed by atoms with E-state index in [9.17, 15) is 0 Å². The van der Waals surface area contributed by atoms with Crippen LogP contribution < -0.4 is 0 Å². The van der Waals surface area contributed by atoms with E-state index in [1.165, 1.54) is 11.1 Å². The number of hydrogen-bond acceptors (Lipinski definition) is 2. The van der Waals surface area contributed by atoms with Gasteiger partial charge in [0, 0.05) is 31.1 Å². The van der Waals surface area contributed by atoms with Gasteiger partial charge in [-0.25, -0.2) is 0 Å². The first kappa shape index (κ1) is 14.5. The van der Waals surface area contributed by atoms with Gasteiger partial charge in [-0.3, -0.25) is 4.90 Å². The number of ether oxygens (including phenoxy) is 1. The summed E-state index contributed by atoms with van der Waals surface area (Å²) in [5.74, 6) is 0.391.